The van der Waals surface area contributed by atoms with Gasteiger partial charge < -0.3 is 15.5 Å². The van der Waals surface area contributed by atoms with Crippen molar-refractivity contribution in [3.63, 3.8) is 0 Å². The average Bonchev–Trinajstić information content (AvgIpc) is 2.52. The van der Waals surface area contributed by atoms with Crippen LogP contribution in [0.3, 0.4) is 0 Å². The van der Waals surface area contributed by atoms with E-state index in [2.05, 4.69) is 57.9 Å². The molecule has 0 saturated carbocycles. The molecule has 118 valence electrons. The lowest BCUT2D eigenvalue weighted by atomic mass is 10.0. The van der Waals surface area contributed by atoms with Crippen LogP contribution >= 0.6 is 15.9 Å². The summed E-state index contributed by atoms with van der Waals surface area (Å²) in [5.41, 5.74) is 7.55. The summed E-state index contributed by atoms with van der Waals surface area (Å²) in [6.45, 7) is 6.99. The summed E-state index contributed by atoms with van der Waals surface area (Å²) >= 11 is 3.51. The van der Waals surface area contributed by atoms with Crippen molar-refractivity contribution < 1.29 is 0 Å². The number of rotatable bonds is 6. The Bertz CT molecular complexity index is 430. The summed E-state index contributed by atoms with van der Waals surface area (Å²) in [5, 5.41) is 0. The summed E-state index contributed by atoms with van der Waals surface area (Å²) in [5.74, 6) is 0. The summed E-state index contributed by atoms with van der Waals surface area (Å²) in [4.78, 5) is 5.04. The SMILES string of the molecule is CCN1CCC(N(C)CCC(N)c2cccc(Br)c2)CC1. The van der Waals surface area contributed by atoms with Crippen LogP contribution in [-0.2, 0) is 0 Å². The highest BCUT2D eigenvalue weighted by atomic mass is 79.9. The number of nitrogens with zero attached hydrogens (tertiary/aromatic N) is 2. The molecule has 1 heterocycles. The van der Waals surface area contributed by atoms with Gasteiger partial charge in [-0.1, -0.05) is 35.0 Å². The number of likely N-dealkylation sites (tertiary alicyclic amines) is 1. The van der Waals surface area contributed by atoms with Crippen molar-refractivity contribution in [2.24, 2.45) is 5.73 Å². The molecule has 1 aliphatic rings. The first-order valence-corrected chi connectivity index (χ1v) is 8.83. The van der Waals surface area contributed by atoms with E-state index in [4.69, 9.17) is 5.73 Å². The molecular formula is C17H28BrN3. The Kier molecular flexibility index (Phi) is 6.68. The number of hydrogen-bond donors (Lipinski definition) is 1. The minimum absolute atomic E-state index is 0.126. The van der Waals surface area contributed by atoms with Gasteiger partial charge in [0.15, 0.2) is 0 Å². The molecule has 1 aromatic rings. The molecule has 3 nitrogen and oxygen atoms in total. The van der Waals surface area contributed by atoms with E-state index in [0.717, 1.165) is 23.5 Å². The quantitative estimate of drug-likeness (QED) is 0.851. The molecule has 21 heavy (non-hydrogen) atoms. The number of hydrogen-bond acceptors (Lipinski definition) is 3. The van der Waals surface area contributed by atoms with Crippen molar-refractivity contribution in [2.45, 2.75) is 38.3 Å². The second-order valence-corrected chi connectivity index (χ2v) is 7.01. The number of benzene rings is 1. The standard InChI is InChI=1S/C17H28BrN3/c1-3-21-11-7-16(8-12-21)20(2)10-9-17(19)14-5-4-6-15(18)13-14/h4-6,13,16-17H,3,7-12,19H2,1-2H3. The van der Waals surface area contributed by atoms with E-state index < -0.39 is 0 Å². The van der Waals surface area contributed by atoms with E-state index in [9.17, 15) is 0 Å². The predicted octanol–water partition coefficient (Wildman–Crippen LogP) is 3.26. The van der Waals surface area contributed by atoms with Crippen LogP contribution in [0.1, 0.15) is 37.8 Å². The average molecular weight is 354 g/mol. The third-order valence-corrected chi connectivity index (χ3v) is 5.19. The van der Waals surface area contributed by atoms with E-state index in [0.29, 0.717) is 0 Å². The van der Waals surface area contributed by atoms with E-state index in [1.54, 1.807) is 0 Å². The van der Waals surface area contributed by atoms with E-state index in [1.807, 2.05) is 6.07 Å². The first-order valence-electron chi connectivity index (χ1n) is 8.03. The second-order valence-electron chi connectivity index (χ2n) is 6.10. The van der Waals surface area contributed by atoms with E-state index >= 15 is 0 Å². The first kappa shape index (κ1) is 16.9. The molecular weight excluding hydrogens is 326 g/mol. The maximum absolute atomic E-state index is 6.33. The van der Waals surface area contributed by atoms with E-state index in [-0.39, 0.29) is 6.04 Å². The Morgan fingerprint density at radius 3 is 2.71 bits per heavy atom. The fraction of sp³-hybridized carbons (Fsp3) is 0.647. The van der Waals surface area contributed by atoms with Gasteiger partial charge in [-0.05, 0) is 70.2 Å². The fourth-order valence-corrected chi connectivity index (χ4v) is 3.52. The Balaban J connectivity index is 1.77. The van der Waals surface area contributed by atoms with E-state index in [1.165, 1.54) is 38.0 Å². The molecule has 1 fully saturated rings. The minimum atomic E-state index is 0.126. The highest BCUT2D eigenvalue weighted by Crippen LogP contribution is 2.21. The molecule has 2 N–H and O–H groups in total. The van der Waals surface area contributed by atoms with Crippen molar-refractivity contribution in [1.29, 1.82) is 0 Å². The number of piperidine rings is 1. The third kappa shape index (κ3) is 5.06. The molecule has 1 aliphatic heterocycles. The summed E-state index contributed by atoms with van der Waals surface area (Å²) in [6.07, 6.45) is 3.59. The van der Waals surface area contributed by atoms with Crippen LogP contribution in [0.25, 0.3) is 0 Å². The third-order valence-electron chi connectivity index (χ3n) is 4.70. The minimum Gasteiger partial charge on any atom is -0.324 e. The first-order chi connectivity index (χ1) is 10.1. The molecule has 0 bridgehead atoms. The molecule has 1 saturated heterocycles. The lowest BCUT2D eigenvalue weighted by Gasteiger charge is -2.36. The second kappa shape index (κ2) is 8.28. The van der Waals surface area contributed by atoms with Gasteiger partial charge in [0.1, 0.15) is 0 Å². The van der Waals surface area contributed by atoms with Gasteiger partial charge in [0, 0.05) is 16.6 Å². The lowest BCUT2D eigenvalue weighted by molar-refractivity contribution is 0.129. The Morgan fingerprint density at radius 1 is 1.38 bits per heavy atom. The van der Waals surface area contributed by atoms with Crippen LogP contribution in [0.15, 0.2) is 28.7 Å². The van der Waals surface area contributed by atoms with Crippen LogP contribution in [0, 0.1) is 0 Å². The van der Waals surface area contributed by atoms with Crippen LogP contribution < -0.4 is 5.73 Å². The molecule has 2 rings (SSSR count). The van der Waals surface area contributed by atoms with Gasteiger partial charge in [0.25, 0.3) is 0 Å². The van der Waals surface area contributed by atoms with Gasteiger partial charge in [-0.25, -0.2) is 0 Å². The zero-order valence-electron chi connectivity index (χ0n) is 13.3. The van der Waals surface area contributed by atoms with Crippen molar-refractivity contribution in [2.75, 3.05) is 33.2 Å². The molecule has 1 aromatic carbocycles. The highest BCUT2D eigenvalue weighted by Gasteiger charge is 2.21. The molecule has 0 aromatic heterocycles. The smallest absolute Gasteiger partial charge is 0.0307 e. The van der Waals surface area contributed by atoms with Crippen molar-refractivity contribution in [1.82, 2.24) is 9.80 Å². The number of nitrogens with two attached hydrogens (primary N) is 1. The van der Waals surface area contributed by atoms with Crippen molar-refractivity contribution in [3.05, 3.63) is 34.3 Å². The summed E-state index contributed by atoms with van der Waals surface area (Å²) in [7, 11) is 2.25. The van der Waals surface area contributed by atoms with Gasteiger partial charge in [-0.15, -0.1) is 0 Å². The lowest BCUT2D eigenvalue weighted by Crippen LogP contribution is -2.43. The van der Waals surface area contributed by atoms with Gasteiger partial charge in [-0.3, -0.25) is 0 Å². The zero-order chi connectivity index (χ0) is 15.2. The Hall–Kier alpha value is -0.420. The molecule has 4 heteroatoms. The van der Waals surface area contributed by atoms with Gasteiger partial charge in [0.2, 0.25) is 0 Å². The van der Waals surface area contributed by atoms with Crippen molar-refractivity contribution in [3.8, 4) is 0 Å². The molecule has 0 radical (unpaired) electrons. The maximum Gasteiger partial charge on any atom is 0.0307 e. The molecule has 0 amide bonds. The zero-order valence-corrected chi connectivity index (χ0v) is 14.8. The van der Waals surface area contributed by atoms with Gasteiger partial charge in [-0.2, -0.15) is 0 Å². The molecule has 1 unspecified atom stereocenters. The fourth-order valence-electron chi connectivity index (χ4n) is 3.11. The Labute approximate surface area is 137 Å². The normalized spacial score (nSPS) is 19.1. The number of halogens is 1. The van der Waals surface area contributed by atoms with Crippen LogP contribution in [0.4, 0.5) is 0 Å². The summed E-state index contributed by atoms with van der Waals surface area (Å²) < 4.78 is 1.11. The predicted molar refractivity (Wildman–Crippen MR) is 93.5 cm³/mol. The molecule has 0 aliphatic carbocycles. The van der Waals surface area contributed by atoms with Crippen LogP contribution in [-0.4, -0.2) is 49.1 Å². The highest BCUT2D eigenvalue weighted by molar-refractivity contribution is 9.10. The van der Waals surface area contributed by atoms with Crippen LogP contribution in [0.2, 0.25) is 0 Å². The Morgan fingerprint density at radius 2 is 2.10 bits per heavy atom. The largest absolute Gasteiger partial charge is 0.324 e. The topological polar surface area (TPSA) is 32.5 Å². The monoisotopic (exact) mass is 353 g/mol. The van der Waals surface area contributed by atoms with Crippen molar-refractivity contribution >= 4 is 15.9 Å². The van der Waals surface area contributed by atoms with Gasteiger partial charge in [0.05, 0.1) is 0 Å². The summed E-state index contributed by atoms with van der Waals surface area (Å²) in [6, 6.07) is 9.20. The molecule has 1 atom stereocenters. The van der Waals surface area contributed by atoms with Gasteiger partial charge >= 0.3 is 0 Å². The maximum atomic E-state index is 6.33. The molecule has 0 spiro atoms. The van der Waals surface area contributed by atoms with Crippen LogP contribution in [0.5, 0.6) is 0 Å².